The Labute approximate surface area is 195 Å². The van der Waals surface area contributed by atoms with Crippen molar-refractivity contribution in [3.8, 4) is 0 Å². The molecule has 2 aliphatic heterocycles. The van der Waals surface area contributed by atoms with Crippen molar-refractivity contribution in [2.24, 2.45) is 0 Å². The van der Waals surface area contributed by atoms with E-state index < -0.39 is 11.7 Å². The summed E-state index contributed by atoms with van der Waals surface area (Å²) in [6.07, 6.45) is -2.88. The smallest absolute Gasteiger partial charge is 0.381 e. The third-order valence-corrected chi connectivity index (χ3v) is 6.29. The summed E-state index contributed by atoms with van der Waals surface area (Å²) in [6, 6.07) is 9.59. The molecule has 2 aliphatic rings. The molecule has 0 spiro atoms. The number of hydrogen-bond acceptors (Lipinski definition) is 6. The minimum absolute atomic E-state index is 0.0935. The molecular formula is C25H25F3N6. The van der Waals surface area contributed by atoms with Crippen molar-refractivity contribution >= 4 is 28.8 Å². The fourth-order valence-electron chi connectivity index (χ4n) is 4.50. The molecule has 1 aromatic heterocycles. The van der Waals surface area contributed by atoms with Crippen LogP contribution in [0, 0.1) is 6.92 Å². The normalized spacial score (nSPS) is 15.5. The third kappa shape index (κ3) is 4.19. The number of alkyl halides is 3. The number of nitrogens with one attached hydrogen (secondary N) is 3. The Bertz CT molecular complexity index is 1280. The Morgan fingerprint density at radius 1 is 1.09 bits per heavy atom. The van der Waals surface area contributed by atoms with Crippen LogP contribution in [0.2, 0.25) is 0 Å². The van der Waals surface area contributed by atoms with Gasteiger partial charge in [0.25, 0.3) is 0 Å². The van der Waals surface area contributed by atoms with E-state index in [0.717, 1.165) is 48.1 Å². The quantitative estimate of drug-likeness (QED) is 0.482. The first-order valence-electron chi connectivity index (χ1n) is 11.0. The Balaban J connectivity index is 1.50. The molecule has 0 radical (unpaired) electrons. The predicted octanol–water partition coefficient (Wildman–Crippen LogP) is 5.35. The monoisotopic (exact) mass is 466 g/mol. The maximum absolute atomic E-state index is 13.8. The van der Waals surface area contributed by atoms with E-state index in [9.17, 15) is 13.2 Å². The lowest BCUT2D eigenvalue weighted by molar-refractivity contribution is -0.137. The summed E-state index contributed by atoms with van der Waals surface area (Å²) in [4.78, 5) is 10.5. The van der Waals surface area contributed by atoms with Gasteiger partial charge in [0, 0.05) is 48.5 Å². The summed E-state index contributed by atoms with van der Waals surface area (Å²) in [5.74, 6) is -0.216. The van der Waals surface area contributed by atoms with Crippen LogP contribution in [0.3, 0.4) is 0 Å². The Hall–Kier alpha value is -3.59. The second-order valence-electron chi connectivity index (χ2n) is 8.80. The molecule has 3 N–H and O–H groups in total. The van der Waals surface area contributed by atoms with Gasteiger partial charge in [0.05, 0.1) is 0 Å². The van der Waals surface area contributed by atoms with Crippen molar-refractivity contribution < 1.29 is 13.2 Å². The molecule has 0 fully saturated rings. The molecule has 0 saturated carbocycles. The van der Waals surface area contributed by atoms with Crippen molar-refractivity contribution in [3.05, 3.63) is 76.5 Å². The molecule has 0 bridgehead atoms. The molecule has 6 nitrogen and oxygen atoms in total. The van der Waals surface area contributed by atoms with Gasteiger partial charge in [-0.2, -0.15) is 18.2 Å². The molecule has 0 unspecified atom stereocenters. The molecule has 0 aliphatic carbocycles. The highest BCUT2D eigenvalue weighted by Gasteiger charge is 2.36. The van der Waals surface area contributed by atoms with Crippen LogP contribution in [0.15, 0.2) is 43.1 Å². The lowest BCUT2D eigenvalue weighted by Crippen LogP contribution is -2.26. The third-order valence-electron chi connectivity index (χ3n) is 6.29. The Kier molecular flexibility index (Phi) is 5.44. The van der Waals surface area contributed by atoms with Crippen LogP contribution in [0.4, 0.5) is 36.3 Å². The van der Waals surface area contributed by atoms with E-state index in [2.05, 4.69) is 50.5 Å². The fourth-order valence-corrected chi connectivity index (χ4v) is 4.50. The van der Waals surface area contributed by atoms with Gasteiger partial charge in [-0.15, -0.1) is 0 Å². The minimum atomic E-state index is -4.61. The van der Waals surface area contributed by atoms with Crippen molar-refractivity contribution in [1.29, 1.82) is 0 Å². The number of rotatable bonds is 4. The second kappa shape index (κ2) is 8.32. The molecule has 9 heteroatoms. The average molecular weight is 467 g/mol. The van der Waals surface area contributed by atoms with E-state index >= 15 is 0 Å². The number of likely N-dealkylation sites (N-methyl/N-ethyl adjacent to an activating group) is 1. The molecule has 176 valence electrons. The van der Waals surface area contributed by atoms with Gasteiger partial charge in [-0.25, -0.2) is 4.98 Å². The number of aromatic nitrogens is 2. The number of halogens is 3. The Morgan fingerprint density at radius 3 is 2.71 bits per heavy atom. The molecule has 34 heavy (non-hydrogen) atoms. The summed E-state index contributed by atoms with van der Waals surface area (Å²) in [7, 11) is 2.09. The number of benzene rings is 2. The van der Waals surface area contributed by atoms with E-state index in [1.165, 1.54) is 11.1 Å². The Morgan fingerprint density at radius 2 is 1.91 bits per heavy atom. The summed E-state index contributed by atoms with van der Waals surface area (Å²) < 4.78 is 41.3. The van der Waals surface area contributed by atoms with Crippen LogP contribution in [-0.2, 0) is 25.7 Å². The van der Waals surface area contributed by atoms with E-state index in [-0.39, 0.29) is 11.8 Å². The number of aryl methyl sites for hydroxylation is 1. The van der Waals surface area contributed by atoms with Crippen LogP contribution in [0.25, 0.3) is 5.70 Å². The molecule has 3 aromatic rings. The number of hydrogen-bond donors (Lipinski definition) is 3. The molecular weight excluding hydrogens is 441 g/mol. The topological polar surface area (TPSA) is 65.1 Å². The zero-order valence-electron chi connectivity index (χ0n) is 19.0. The SMILES string of the molecule is C=C1NCc2cccc(Nc3nc(Nc4cc5c(cc4C)CN(C)CC5)ncc3C(F)(F)F)c21. The van der Waals surface area contributed by atoms with Crippen molar-refractivity contribution in [1.82, 2.24) is 20.2 Å². The first-order valence-corrected chi connectivity index (χ1v) is 11.0. The van der Waals surface area contributed by atoms with Gasteiger partial charge in [0.15, 0.2) is 0 Å². The van der Waals surface area contributed by atoms with Crippen LogP contribution in [-0.4, -0.2) is 28.5 Å². The molecule has 0 saturated heterocycles. The minimum Gasteiger partial charge on any atom is -0.381 e. The lowest BCUT2D eigenvalue weighted by Gasteiger charge is -2.26. The summed E-state index contributed by atoms with van der Waals surface area (Å²) in [5, 5.41) is 9.14. The van der Waals surface area contributed by atoms with Gasteiger partial charge in [-0.1, -0.05) is 24.8 Å². The van der Waals surface area contributed by atoms with Gasteiger partial charge in [0.2, 0.25) is 5.95 Å². The maximum atomic E-state index is 13.8. The highest BCUT2D eigenvalue weighted by molar-refractivity contribution is 5.82. The lowest BCUT2D eigenvalue weighted by atomic mass is 9.96. The van der Waals surface area contributed by atoms with Crippen molar-refractivity contribution in [2.45, 2.75) is 32.6 Å². The van der Waals surface area contributed by atoms with Gasteiger partial charge in [0.1, 0.15) is 11.4 Å². The van der Waals surface area contributed by atoms with E-state index in [1.54, 1.807) is 12.1 Å². The zero-order chi connectivity index (χ0) is 24.0. The standard InChI is InChI=1S/C25H25F3N6/c1-14-9-18-13-34(3)8-7-16(18)10-21(14)32-24-30-12-19(25(26,27)28)23(33-24)31-20-6-4-5-17-11-29-15(2)22(17)20/h4-6,9-10,12,29H,2,7-8,11,13H2,1,3H3,(H2,30,31,32,33). The van der Waals surface area contributed by atoms with E-state index in [4.69, 9.17) is 0 Å². The number of nitrogens with zero attached hydrogens (tertiary/aromatic N) is 3. The molecule has 3 heterocycles. The van der Waals surface area contributed by atoms with Gasteiger partial charge < -0.3 is 20.9 Å². The van der Waals surface area contributed by atoms with E-state index in [1.807, 2.05) is 19.1 Å². The largest absolute Gasteiger partial charge is 0.421 e. The molecule has 0 amide bonds. The van der Waals surface area contributed by atoms with Crippen molar-refractivity contribution in [2.75, 3.05) is 24.2 Å². The second-order valence-corrected chi connectivity index (χ2v) is 8.80. The van der Waals surface area contributed by atoms with Crippen LogP contribution >= 0.6 is 0 Å². The fraction of sp³-hybridized carbons (Fsp3) is 0.280. The molecule has 0 atom stereocenters. The summed E-state index contributed by atoms with van der Waals surface area (Å²) in [6.45, 7) is 8.36. The number of anilines is 4. The van der Waals surface area contributed by atoms with Gasteiger partial charge >= 0.3 is 6.18 Å². The van der Waals surface area contributed by atoms with Gasteiger partial charge in [-0.3, -0.25) is 0 Å². The van der Waals surface area contributed by atoms with E-state index in [0.29, 0.717) is 17.9 Å². The van der Waals surface area contributed by atoms with Crippen LogP contribution in [0.5, 0.6) is 0 Å². The zero-order valence-corrected chi connectivity index (χ0v) is 19.0. The molecule has 2 aromatic carbocycles. The average Bonchev–Trinajstić information content (AvgIpc) is 3.16. The summed E-state index contributed by atoms with van der Waals surface area (Å²) >= 11 is 0. The number of fused-ring (bicyclic) bond motifs is 2. The highest BCUT2D eigenvalue weighted by Crippen LogP contribution is 2.38. The van der Waals surface area contributed by atoms with Crippen molar-refractivity contribution in [3.63, 3.8) is 0 Å². The first-order chi connectivity index (χ1) is 16.2. The van der Waals surface area contributed by atoms with Crippen LogP contribution < -0.4 is 16.0 Å². The summed E-state index contributed by atoms with van der Waals surface area (Å²) in [5.41, 5.74) is 6.22. The predicted molar refractivity (Wildman–Crippen MR) is 127 cm³/mol. The maximum Gasteiger partial charge on any atom is 0.421 e. The van der Waals surface area contributed by atoms with Crippen LogP contribution in [0.1, 0.15) is 33.4 Å². The highest BCUT2D eigenvalue weighted by atomic mass is 19.4. The molecule has 5 rings (SSSR count). The first kappa shape index (κ1) is 22.2. The van der Waals surface area contributed by atoms with Gasteiger partial charge in [-0.05, 0) is 54.8 Å².